The lowest BCUT2D eigenvalue weighted by Gasteiger charge is -2.10. The summed E-state index contributed by atoms with van der Waals surface area (Å²) in [6.07, 6.45) is 3.51. The molecule has 112 valence electrons. The highest BCUT2D eigenvalue weighted by Gasteiger charge is 2.22. The molecular formula is C17H24N4. The van der Waals surface area contributed by atoms with E-state index in [2.05, 4.69) is 53.7 Å². The molecule has 4 heteroatoms. The molecule has 0 bridgehead atoms. The number of H-pyrrole nitrogens is 1. The summed E-state index contributed by atoms with van der Waals surface area (Å²) in [6, 6.07) is 9.13. The van der Waals surface area contributed by atoms with E-state index in [4.69, 9.17) is 4.99 Å². The molecule has 1 fully saturated rings. The number of rotatable bonds is 5. The van der Waals surface area contributed by atoms with Crippen LogP contribution in [0.15, 0.2) is 29.3 Å². The first-order valence-electron chi connectivity index (χ1n) is 7.89. The zero-order valence-corrected chi connectivity index (χ0v) is 12.9. The van der Waals surface area contributed by atoms with Gasteiger partial charge in [0.2, 0.25) is 0 Å². The Hall–Kier alpha value is -1.97. The van der Waals surface area contributed by atoms with Crippen molar-refractivity contribution in [3.63, 3.8) is 0 Å². The number of aromatic amines is 1. The van der Waals surface area contributed by atoms with E-state index in [1.54, 1.807) is 0 Å². The fraction of sp³-hybridized carbons (Fsp3) is 0.471. The standard InChI is InChI=1S/C17H24N4/c1-3-18-17(21-13-8-9-13)19-11-10-14-12(2)20-16-7-5-4-6-15(14)16/h4-7,13,20H,3,8-11H2,1-2H3,(H2,18,19,21). The maximum atomic E-state index is 4.70. The molecule has 1 aromatic carbocycles. The van der Waals surface area contributed by atoms with Crippen LogP contribution in [0.4, 0.5) is 0 Å². The SMILES string of the molecule is CCNC(=NCCc1c(C)[nH]c2ccccc12)NC1CC1. The average molecular weight is 284 g/mol. The predicted octanol–water partition coefficient (Wildman–Crippen LogP) is 2.74. The molecule has 0 amide bonds. The summed E-state index contributed by atoms with van der Waals surface area (Å²) in [5.74, 6) is 0.956. The smallest absolute Gasteiger partial charge is 0.191 e. The van der Waals surface area contributed by atoms with Crippen LogP contribution in [0.3, 0.4) is 0 Å². The molecule has 1 aliphatic carbocycles. The molecule has 0 saturated heterocycles. The van der Waals surface area contributed by atoms with Crippen LogP contribution >= 0.6 is 0 Å². The van der Waals surface area contributed by atoms with Crippen molar-refractivity contribution < 1.29 is 0 Å². The zero-order valence-electron chi connectivity index (χ0n) is 12.9. The van der Waals surface area contributed by atoms with E-state index in [1.165, 1.54) is 35.0 Å². The van der Waals surface area contributed by atoms with E-state index in [1.807, 2.05) is 0 Å². The van der Waals surface area contributed by atoms with Crippen LogP contribution in [0.2, 0.25) is 0 Å². The molecule has 0 unspecified atom stereocenters. The number of nitrogens with zero attached hydrogens (tertiary/aromatic N) is 1. The van der Waals surface area contributed by atoms with Crippen molar-refractivity contribution in [2.45, 2.75) is 39.2 Å². The van der Waals surface area contributed by atoms with Crippen LogP contribution in [-0.2, 0) is 6.42 Å². The van der Waals surface area contributed by atoms with Gasteiger partial charge in [-0.25, -0.2) is 0 Å². The Bertz CT molecular complexity index is 637. The van der Waals surface area contributed by atoms with Gasteiger partial charge in [-0.15, -0.1) is 0 Å². The van der Waals surface area contributed by atoms with E-state index in [0.717, 1.165) is 25.5 Å². The Kier molecular flexibility index (Phi) is 4.13. The van der Waals surface area contributed by atoms with Crippen molar-refractivity contribution in [3.8, 4) is 0 Å². The van der Waals surface area contributed by atoms with Crippen LogP contribution in [0.5, 0.6) is 0 Å². The van der Waals surface area contributed by atoms with Gasteiger partial charge in [0.1, 0.15) is 0 Å². The summed E-state index contributed by atoms with van der Waals surface area (Å²) in [6.45, 7) is 5.97. The van der Waals surface area contributed by atoms with Gasteiger partial charge in [-0.2, -0.15) is 0 Å². The van der Waals surface area contributed by atoms with E-state index in [0.29, 0.717) is 6.04 Å². The minimum Gasteiger partial charge on any atom is -0.358 e. The third kappa shape index (κ3) is 3.38. The topological polar surface area (TPSA) is 52.2 Å². The second-order valence-electron chi connectivity index (χ2n) is 5.70. The maximum Gasteiger partial charge on any atom is 0.191 e. The zero-order chi connectivity index (χ0) is 14.7. The molecule has 1 heterocycles. The van der Waals surface area contributed by atoms with E-state index in [9.17, 15) is 0 Å². The third-order valence-electron chi connectivity index (χ3n) is 3.92. The monoisotopic (exact) mass is 284 g/mol. The molecule has 3 rings (SSSR count). The summed E-state index contributed by atoms with van der Waals surface area (Å²) < 4.78 is 0. The molecule has 4 nitrogen and oxygen atoms in total. The highest BCUT2D eigenvalue weighted by molar-refractivity contribution is 5.84. The Morgan fingerprint density at radius 3 is 2.90 bits per heavy atom. The second-order valence-corrected chi connectivity index (χ2v) is 5.70. The molecule has 0 spiro atoms. The highest BCUT2D eigenvalue weighted by atomic mass is 15.2. The summed E-state index contributed by atoms with van der Waals surface area (Å²) in [7, 11) is 0. The van der Waals surface area contributed by atoms with Crippen LogP contribution < -0.4 is 10.6 Å². The number of aryl methyl sites for hydroxylation is 1. The van der Waals surface area contributed by atoms with E-state index < -0.39 is 0 Å². The first-order chi connectivity index (χ1) is 10.3. The number of hydrogen-bond acceptors (Lipinski definition) is 1. The summed E-state index contributed by atoms with van der Waals surface area (Å²) in [5, 5.41) is 8.10. The normalized spacial score (nSPS) is 15.4. The lowest BCUT2D eigenvalue weighted by Crippen LogP contribution is -2.38. The van der Waals surface area contributed by atoms with Gasteiger partial charge in [0.25, 0.3) is 0 Å². The molecule has 0 aliphatic heterocycles. The number of hydrogen-bond donors (Lipinski definition) is 3. The maximum absolute atomic E-state index is 4.70. The number of para-hydroxylation sites is 1. The molecule has 3 N–H and O–H groups in total. The number of nitrogens with one attached hydrogen (secondary N) is 3. The van der Waals surface area contributed by atoms with Crippen molar-refractivity contribution in [2.75, 3.05) is 13.1 Å². The minimum absolute atomic E-state index is 0.637. The summed E-state index contributed by atoms with van der Waals surface area (Å²) >= 11 is 0. The van der Waals surface area contributed by atoms with Gasteiger partial charge < -0.3 is 15.6 Å². The molecule has 1 aromatic heterocycles. The Balaban J connectivity index is 1.68. The number of fused-ring (bicyclic) bond motifs is 1. The molecule has 21 heavy (non-hydrogen) atoms. The fourth-order valence-corrected chi connectivity index (χ4v) is 2.68. The first-order valence-corrected chi connectivity index (χ1v) is 7.89. The quantitative estimate of drug-likeness (QED) is 0.584. The van der Waals surface area contributed by atoms with Gasteiger partial charge in [-0.1, -0.05) is 18.2 Å². The van der Waals surface area contributed by atoms with Gasteiger partial charge in [-0.05, 0) is 44.7 Å². The first kappa shape index (κ1) is 14.0. The van der Waals surface area contributed by atoms with Crippen LogP contribution in [-0.4, -0.2) is 30.1 Å². The van der Waals surface area contributed by atoms with Crippen LogP contribution in [0.25, 0.3) is 10.9 Å². The van der Waals surface area contributed by atoms with Crippen molar-refractivity contribution in [2.24, 2.45) is 4.99 Å². The van der Waals surface area contributed by atoms with Gasteiger partial charge in [0.05, 0.1) is 0 Å². The fourth-order valence-electron chi connectivity index (χ4n) is 2.68. The van der Waals surface area contributed by atoms with E-state index in [-0.39, 0.29) is 0 Å². The Morgan fingerprint density at radius 2 is 2.14 bits per heavy atom. The van der Waals surface area contributed by atoms with Crippen molar-refractivity contribution in [1.29, 1.82) is 0 Å². The van der Waals surface area contributed by atoms with Gasteiger partial charge in [0, 0.05) is 35.7 Å². The Labute approximate surface area is 126 Å². The number of guanidine groups is 1. The minimum atomic E-state index is 0.637. The number of aliphatic imine (C=N–C) groups is 1. The largest absolute Gasteiger partial charge is 0.358 e. The number of benzene rings is 1. The second kappa shape index (κ2) is 6.20. The Morgan fingerprint density at radius 1 is 1.33 bits per heavy atom. The van der Waals surface area contributed by atoms with Crippen LogP contribution in [0.1, 0.15) is 31.0 Å². The van der Waals surface area contributed by atoms with Crippen molar-refractivity contribution in [3.05, 3.63) is 35.5 Å². The summed E-state index contributed by atoms with van der Waals surface area (Å²) in [5.41, 5.74) is 3.86. The number of aromatic nitrogens is 1. The van der Waals surface area contributed by atoms with E-state index >= 15 is 0 Å². The predicted molar refractivity (Wildman–Crippen MR) is 88.9 cm³/mol. The third-order valence-corrected chi connectivity index (χ3v) is 3.92. The summed E-state index contributed by atoms with van der Waals surface area (Å²) in [4.78, 5) is 8.15. The highest BCUT2D eigenvalue weighted by Crippen LogP contribution is 2.22. The molecule has 1 saturated carbocycles. The molecular weight excluding hydrogens is 260 g/mol. The van der Waals surface area contributed by atoms with Crippen molar-refractivity contribution >= 4 is 16.9 Å². The van der Waals surface area contributed by atoms with Gasteiger partial charge in [-0.3, -0.25) is 4.99 Å². The lowest BCUT2D eigenvalue weighted by molar-refractivity contribution is 0.808. The van der Waals surface area contributed by atoms with Crippen molar-refractivity contribution in [1.82, 2.24) is 15.6 Å². The molecule has 2 aromatic rings. The molecule has 0 radical (unpaired) electrons. The lowest BCUT2D eigenvalue weighted by atomic mass is 10.1. The molecule has 0 atom stereocenters. The van der Waals surface area contributed by atoms with Gasteiger partial charge >= 0.3 is 0 Å². The van der Waals surface area contributed by atoms with Crippen LogP contribution in [0, 0.1) is 6.92 Å². The average Bonchev–Trinajstić information content (AvgIpc) is 3.23. The van der Waals surface area contributed by atoms with Gasteiger partial charge in [0.15, 0.2) is 5.96 Å². The molecule has 1 aliphatic rings.